The van der Waals surface area contributed by atoms with E-state index in [4.69, 9.17) is 0 Å². The predicted octanol–water partition coefficient (Wildman–Crippen LogP) is 8.79. The summed E-state index contributed by atoms with van der Waals surface area (Å²) in [4.78, 5) is 0.305. The van der Waals surface area contributed by atoms with Crippen LogP contribution in [0.2, 0.25) is 0 Å². The number of benzene rings is 3. The van der Waals surface area contributed by atoms with E-state index in [2.05, 4.69) is 21.7 Å². The highest BCUT2D eigenvalue weighted by Crippen LogP contribution is 2.22. The van der Waals surface area contributed by atoms with Gasteiger partial charge < -0.3 is 5.32 Å². The Labute approximate surface area is 253 Å². The Morgan fingerprint density at radius 2 is 0.833 bits per heavy atom. The molecule has 0 saturated carbocycles. The molecule has 230 valence electrons. The van der Waals surface area contributed by atoms with Crippen LogP contribution in [0, 0.1) is 0 Å². The molecule has 0 aromatic heterocycles. The molecule has 0 aliphatic rings. The quantitative estimate of drug-likeness (QED) is 0.104. The van der Waals surface area contributed by atoms with Gasteiger partial charge in [0.1, 0.15) is 0 Å². The smallest absolute Gasteiger partial charge is 0.261 e. The van der Waals surface area contributed by atoms with Crippen molar-refractivity contribution in [1.82, 2.24) is 0 Å². The third kappa shape index (κ3) is 12.1. The summed E-state index contributed by atoms with van der Waals surface area (Å²) in [7, 11) is -7.51. The SMILES string of the molecule is CCCCCCCCCCCCCCCNc1ccc(S(=O)(=O)Nc2ccc(NS(=O)(=O)c3ccccc3)cc2)cc1. The van der Waals surface area contributed by atoms with E-state index in [1.165, 1.54) is 113 Å². The van der Waals surface area contributed by atoms with Crippen LogP contribution in [0.25, 0.3) is 0 Å². The van der Waals surface area contributed by atoms with Crippen LogP contribution in [0.1, 0.15) is 90.4 Å². The monoisotopic (exact) mass is 613 g/mol. The van der Waals surface area contributed by atoms with Crippen LogP contribution >= 0.6 is 0 Å². The van der Waals surface area contributed by atoms with E-state index < -0.39 is 20.0 Å². The largest absolute Gasteiger partial charge is 0.385 e. The first-order valence-corrected chi connectivity index (χ1v) is 18.3. The van der Waals surface area contributed by atoms with Crippen LogP contribution in [0.15, 0.2) is 88.7 Å². The van der Waals surface area contributed by atoms with Crippen LogP contribution in [0.4, 0.5) is 17.1 Å². The highest BCUT2D eigenvalue weighted by Gasteiger charge is 2.16. The molecule has 0 radical (unpaired) electrons. The lowest BCUT2D eigenvalue weighted by Gasteiger charge is -2.11. The number of anilines is 3. The molecule has 3 rings (SSSR count). The Hall–Kier alpha value is -3.04. The minimum atomic E-state index is -3.79. The lowest BCUT2D eigenvalue weighted by molar-refractivity contribution is 0.541. The average Bonchev–Trinajstić information content (AvgIpc) is 2.99. The first kappa shape index (κ1) is 33.5. The second-order valence-electron chi connectivity index (χ2n) is 10.8. The van der Waals surface area contributed by atoms with Crippen molar-refractivity contribution in [2.24, 2.45) is 0 Å². The van der Waals surface area contributed by atoms with E-state index in [9.17, 15) is 16.8 Å². The van der Waals surface area contributed by atoms with Gasteiger partial charge >= 0.3 is 0 Å². The molecule has 0 unspecified atom stereocenters. The molecule has 0 bridgehead atoms. The molecule has 0 spiro atoms. The fourth-order valence-corrected chi connectivity index (χ4v) is 6.90. The summed E-state index contributed by atoms with van der Waals surface area (Å²) >= 11 is 0. The maximum atomic E-state index is 12.9. The maximum Gasteiger partial charge on any atom is 0.261 e. The molecule has 0 amide bonds. The Bertz CT molecular complexity index is 1380. The van der Waals surface area contributed by atoms with Crippen molar-refractivity contribution in [3.8, 4) is 0 Å². The van der Waals surface area contributed by atoms with Gasteiger partial charge in [-0.05, 0) is 67.1 Å². The van der Waals surface area contributed by atoms with Gasteiger partial charge in [0.2, 0.25) is 0 Å². The maximum absolute atomic E-state index is 12.9. The summed E-state index contributed by atoms with van der Waals surface area (Å²) in [6.07, 6.45) is 17.2. The van der Waals surface area contributed by atoms with Crippen molar-refractivity contribution >= 4 is 37.1 Å². The van der Waals surface area contributed by atoms with Crippen LogP contribution < -0.4 is 14.8 Å². The van der Waals surface area contributed by atoms with Crippen molar-refractivity contribution in [2.75, 3.05) is 21.3 Å². The van der Waals surface area contributed by atoms with Gasteiger partial charge in [0.05, 0.1) is 9.79 Å². The predicted molar refractivity (Wildman–Crippen MR) is 175 cm³/mol. The number of unbranched alkanes of at least 4 members (excludes halogenated alkanes) is 12. The van der Waals surface area contributed by atoms with E-state index in [-0.39, 0.29) is 9.79 Å². The topological polar surface area (TPSA) is 104 Å². The number of hydrogen-bond acceptors (Lipinski definition) is 5. The first-order valence-electron chi connectivity index (χ1n) is 15.3. The molecule has 0 aliphatic carbocycles. The molecule has 0 fully saturated rings. The van der Waals surface area contributed by atoms with Gasteiger partial charge in [-0.25, -0.2) is 16.8 Å². The van der Waals surface area contributed by atoms with E-state index in [0.29, 0.717) is 11.4 Å². The minimum Gasteiger partial charge on any atom is -0.385 e. The lowest BCUT2D eigenvalue weighted by atomic mass is 10.0. The van der Waals surface area contributed by atoms with Gasteiger partial charge in [0, 0.05) is 23.6 Å². The van der Waals surface area contributed by atoms with Crippen LogP contribution in [0.5, 0.6) is 0 Å². The second-order valence-corrected chi connectivity index (χ2v) is 14.2. The van der Waals surface area contributed by atoms with Crippen LogP contribution in [0.3, 0.4) is 0 Å². The van der Waals surface area contributed by atoms with E-state index >= 15 is 0 Å². The van der Waals surface area contributed by atoms with Crippen molar-refractivity contribution < 1.29 is 16.8 Å². The average molecular weight is 614 g/mol. The van der Waals surface area contributed by atoms with Gasteiger partial charge in [-0.2, -0.15) is 0 Å². The van der Waals surface area contributed by atoms with Gasteiger partial charge in [-0.1, -0.05) is 102 Å². The summed E-state index contributed by atoms with van der Waals surface area (Å²) < 4.78 is 55.8. The summed E-state index contributed by atoms with van der Waals surface area (Å²) in [5.74, 6) is 0. The van der Waals surface area contributed by atoms with E-state index in [1.54, 1.807) is 42.5 Å². The van der Waals surface area contributed by atoms with Gasteiger partial charge in [0.15, 0.2) is 0 Å². The zero-order valence-electron chi connectivity index (χ0n) is 24.9. The highest BCUT2D eigenvalue weighted by atomic mass is 32.2. The van der Waals surface area contributed by atoms with Crippen molar-refractivity contribution in [2.45, 2.75) is 100 Å². The third-order valence-corrected chi connectivity index (χ3v) is 10.0. The molecule has 0 heterocycles. The highest BCUT2D eigenvalue weighted by molar-refractivity contribution is 7.93. The number of rotatable bonds is 21. The van der Waals surface area contributed by atoms with E-state index in [0.717, 1.165) is 18.7 Å². The van der Waals surface area contributed by atoms with Gasteiger partial charge in [-0.15, -0.1) is 0 Å². The third-order valence-electron chi connectivity index (χ3n) is 7.22. The molecule has 3 aromatic carbocycles. The molecule has 9 heteroatoms. The first-order chi connectivity index (χ1) is 20.3. The molecular formula is C33H47N3O4S2. The number of sulfonamides is 2. The van der Waals surface area contributed by atoms with Gasteiger partial charge in [-0.3, -0.25) is 9.44 Å². The Morgan fingerprint density at radius 1 is 0.452 bits per heavy atom. The fraction of sp³-hybridized carbons (Fsp3) is 0.455. The Balaban J connectivity index is 1.33. The second kappa shape index (κ2) is 17.8. The minimum absolute atomic E-state index is 0.150. The molecule has 42 heavy (non-hydrogen) atoms. The molecule has 0 saturated heterocycles. The van der Waals surface area contributed by atoms with Crippen LogP contribution in [-0.2, 0) is 20.0 Å². The van der Waals surface area contributed by atoms with Crippen LogP contribution in [-0.4, -0.2) is 23.4 Å². The van der Waals surface area contributed by atoms with Crippen molar-refractivity contribution in [3.05, 3.63) is 78.9 Å². The van der Waals surface area contributed by atoms with E-state index in [1.807, 2.05) is 0 Å². The van der Waals surface area contributed by atoms with Crippen molar-refractivity contribution in [1.29, 1.82) is 0 Å². The summed E-state index contributed by atoms with van der Waals surface area (Å²) in [6.45, 7) is 3.12. The Morgan fingerprint density at radius 3 is 1.29 bits per heavy atom. The molecular weight excluding hydrogens is 567 g/mol. The van der Waals surface area contributed by atoms with Gasteiger partial charge in [0.25, 0.3) is 20.0 Å². The molecule has 3 aromatic rings. The fourth-order valence-electron chi connectivity index (χ4n) is 4.76. The Kier molecular flexibility index (Phi) is 14.2. The zero-order chi connectivity index (χ0) is 30.1. The molecule has 0 aliphatic heterocycles. The number of nitrogens with one attached hydrogen (secondary N) is 3. The summed E-state index contributed by atoms with van der Waals surface area (Å²) in [6, 6.07) is 20.8. The molecule has 0 atom stereocenters. The molecule has 7 nitrogen and oxygen atoms in total. The lowest BCUT2D eigenvalue weighted by Crippen LogP contribution is -2.14. The zero-order valence-corrected chi connectivity index (χ0v) is 26.5. The van der Waals surface area contributed by atoms with Crippen molar-refractivity contribution in [3.63, 3.8) is 0 Å². The number of hydrogen-bond donors (Lipinski definition) is 3. The molecule has 3 N–H and O–H groups in total. The standard InChI is InChI=1S/C33H47N3O4S2/c1-2-3-4-5-6-7-8-9-10-11-12-13-17-28-34-29-24-26-33(27-25-29)42(39,40)36-31-22-20-30(21-23-31)35-41(37,38)32-18-15-14-16-19-32/h14-16,18-27,34-36H,2-13,17,28H2,1H3. The normalized spacial score (nSPS) is 11.7. The summed E-state index contributed by atoms with van der Waals surface area (Å²) in [5, 5.41) is 3.38. The summed E-state index contributed by atoms with van der Waals surface area (Å²) in [5.41, 5.74) is 1.56.